The molecule has 0 N–H and O–H groups in total. The molecule has 0 saturated carbocycles. The van der Waals surface area contributed by atoms with Crippen molar-refractivity contribution in [1.29, 1.82) is 0 Å². The Hall–Kier alpha value is -3.59. The number of carbonyl (C=O) groups is 2. The number of methoxy groups -OCH3 is 1. The van der Waals surface area contributed by atoms with Gasteiger partial charge in [-0.3, -0.25) is 9.59 Å². The molecule has 2 aromatic heterocycles. The fourth-order valence-electron chi connectivity index (χ4n) is 4.69. The summed E-state index contributed by atoms with van der Waals surface area (Å²) in [6.07, 6.45) is 0.956. The first-order chi connectivity index (χ1) is 17.0. The molecule has 2 aliphatic rings. The van der Waals surface area contributed by atoms with E-state index in [-0.39, 0.29) is 35.3 Å². The van der Waals surface area contributed by atoms with E-state index < -0.39 is 5.97 Å². The number of esters is 1. The van der Waals surface area contributed by atoms with E-state index in [1.165, 1.54) is 13.2 Å². The molecule has 0 bridgehead atoms. The minimum atomic E-state index is -0.564. The number of ether oxygens (including phenoxy) is 3. The van der Waals surface area contributed by atoms with E-state index in [4.69, 9.17) is 14.2 Å². The first-order valence-electron chi connectivity index (χ1n) is 11.5. The summed E-state index contributed by atoms with van der Waals surface area (Å²) < 4.78 is 18.3. The second-order valence-corrected chi connectivity index (χ2v) is 9.41. The van der Waals surface area contributed by atoms with E-state index in [0.717, 1.165) is 16.9 Å². The summed E-state index contributed by atoms with van der Waals surface area (Å²) >= 11 is 1.55. The van der Waals surface area contributed by atoms with Crippen molar-refractivity contribution in [1.82, 2.24) is 9.47 Å². The van der Waals surface area contributed by atoms with Crippen LogP contribution in [0.4, 0.5) is 0 Å². The molecule has 5 rings (SSSR count). The molecule has 1 unspecified atom stereocenters. The monoisotopic (exact) mass is 494 g/mol. The molecule has 0 fully saturated rings. The SMILES string of the molecule is COC(=O)c1c(OCc2ccsc2)cc(=O)n2c1CCN(C(=O)C1COc3ccccc3C1)CC2. The largest absolute Gasteiger partial charge is 0.492 e. The molecular formula is C26H26N2O6S. The Morgan fingerprint density at radius 3 is 2.83 bits per heavy atom. The zero-order valence-corrected chi connectivity index (χ0v) is 20.2. The van der Waals surface area contributed by atoms with Gasteiger partial charge in [0.25, 0.3) is 5.56 Å². The van der Waals surface area contributed by atoms with Crippen LogP contribution in [0, 0.1) is 5.92 Å². The fourth-order valence-corrected chi connectivity index (χ4v) is 5.34. The van der Waals surface area contributed by atoms with Crippen molar-refractivity contribution < 1.29 is 23.8 Å². The van der Waals surface area contributed by atoms with Gasteiger partial charge in [0.15, 0.2) is 0 Å². The zero-order chi connectivity index (χ0) is 24.4. The number of carbonyl (C=O) groups excluding carboxylic acids is 2. The molecule has 182 valence electrons. The highest BCUT2D eigenvalue weighted by atomic mass is 32.1. The van der Waals surface area contributed by atoms with Crippen LogP contribution < -0.4 is 15.0 Å². The van der Waals surface area contributed by atoms with Crippen LogP contribution in [0.25, 0.3) is 0 Å². The van der Waals surface area contributed by atoms with E-state index in [1.807, 2.05) is 41.1 Å². The summed E-state index contributed by atoms with van der Waals surface area (Å²) in [4.78, 5) is 40.9. The van der Waals surface area contributed by atoms with Crippen LogP contribution in [0.15, 0.2) is 52.0 Å². The fraction of sp³-hybridized carbons (Fsp3) is 0.346. The predicted molar refractivity (Wildman–Crippen MR) is 130 cm³/mol. The van der Waals surface area contributed by atoms with E-state index >= 15 is 0 Å². The number of hydrogen-bond donors (Lipinski definition) is 0. The van der Waals surface area contributed by atoms with Crippen LogP contribution in [0.1, 0.15) is 27.2 Å². The van der Waals surface area contributed by atoms with Crippen LogP contribution >= 0.6 is 11.3 Å². The van der Waals surface area contributed by atoms with Crippen LogP contribution in [-0.2, 0) is 35.5 Å². The Morgan fingerprint density at radius 1 is 1.17 bits per heavy atom. The average Bonchev–Trinajstić information content (AvgIpc) is 3.31. The maximum atomic E-state index is 13.4. The highest BCUT2D eigenvalue weighted by Crippen LogP contribution is 2.29. The number of fused-ring (bicyclic) bond motifs is 2. The topological polar surface area (TPSA) is 87.1 Å². The molecule has 0 spiro atoms. The number of amides is 1. The first kappa shape index (κ1) is 23.2. The Morgan fingerprint density at radius 2 is 2.03 bits per heavy atom. The molecule has 0 radical (unpaired) electrons. The lowest BCUT2D eigenvalue weighted by molar-refractivity contribution is -0.136. The Kier molecular flexibility index (Phi) is 6.59. The van der Waals surface area contributed by atoms with E-state index in [2.05, 4.69) is 0 Å². The van der Waals surface area contributed by atoms with Crippen molar-refractivity contribution in [3.8, 4) is 11.5 Å². The van der Waals surface area contributed by atoms with Crippen molar-refractivity contribution in [2.75, 3.05) is 26.8 Å². The van der Waals surface area contributed by atoms with Gasteiger partial charge in [0.1, 0.15) is 30.3 Å². The standard InChI is InChI=1S/C26H26N2O6S/c1-32-26(31)24-20-6-8-27(25(30)19-12-18-4-2-3-5-21(18)34-15-19)9-10-28(20)23(29)13-22(24)33-14-17-7-11-35-16-17/h2-5,7,11,13,16,19H,6,8-10,12,14-15H2,1H3. The highest BCUT2D eigenvalue weighted by molar-refractivity contribution is 7.07. The van der Waals surface area contributed by atoms with Gasteiger partial charge in [-0.15, -0.1) is 0 Å². The number of benzene rings is 1. The van der Waals surface area contributed by atoms with Gasteiger partial charge >= 0.3 is 5.97 Å². The second-order valence-electron chi connectivity index (χ2n) is 8.63. The predicted octanol–water partition coefficient (Wildman–Crippen LogP) is 2.91. The van der Waals surface area contributed by atoms with Crippen molar-refractivity contribution in [3.05, 3.63) is 79.9 Å². The number of rotatable bonds is 5. The molecule has 1 atom stereocenters. The maximum Gasteiger partial charge on any atom is 0.343 e. The van der Waals surface area contributed by atoms with Gasteiger partial charge in [-0.25, -0.2) is 4.79 Å². The van der Waals surface area contributed by atoms with Gasteiger partial charge < -0.3 is 23.7 Å². The lowest BCUT2D eigenvalue weighted by Gasteiger charge is -2.29. The van der Waals surface area contributed by atoms with E-state index in [0.29, 0.717) is 44.8 Å². The third-order valence-corrected chi connectivity index (χ3v) is 7.23. The van der Waals surface area contributed by atoms with Crippen molar-refractivity contribution in [2.45, 2.75) is 26.0 Å². The second kappa shape index (κ2) is 9.95. The normalized spacial score (nSPS) is 16.9. The third-order valence-electron chi connectivity index (χ3n) is 6.50. The summed E-state index contributed by atoms with van der Waals surface area (Å²) in [5, 5.41) is 3.89. The number of nitrogens with zero attached hydrogens (tertiary/aromatic N) is 2. The van der Waals surface area contributed by atoms with Gasteiger partial charge in [-0.2, -0.15) is 11.3 Å². The van der Waals surface area contributed by atoms with E-state index in [9.17, 15) is 14.4 Å². The molecule has 1 amide bonds. The molecule has 8 nitrogen and oxygen atoms in total. The van der Waals surface area contributed by atoms with Gasteiger partial charge in [0.05, 0.1) is 13.0 Å². The van der Waals surface area contributed by atoms with E-state index in [1.54, 1.807) is 20.8 Å². The van der Waals surface area contributed by atoms with Gasteiger partial charge in [0.2, 0.25) is 5.91 Å². The van der Waals surface area contributed by atoms with Gasteiger partial charge in [0, 0.05) is 37.8 Å². The lowest BCUT2D eigenvalue weighted by atomic mass is 9.95. The quantitative estimate of drug-likeness (QED) is 0.507. The molecule has 2 aliphatic heterocycles. The van der Waals surface area contributed by atoms with Crippen LogP contribution in [-0.4, -0.2) is 48.1 Å². The van der Waals surface area contributed by atoms with Crippen molar-refractivity contribution >= 4 is 23.2 Å². The van der Waals surface area contributed by atoms with Crippen molar-refractivity contribution in [2.24, 2.45) is 5.92 Å². The lowest BCUT2D eigenvalue weighted by Crippen LogP contribution is -2.42. The molecule has 35 heavy (non-hydrogen) atoms. The van der Waals surface area contributed by atoms with Crippen LogP contribution in [0.5, 0.6) is 11.5 Å². The molecular weight excluding hydrogens is 468 g/mol. The molecule has 3 aromatic rings. The molecule has 0 saturated heterocycles. The Labute approximate surface area is 206 Å². The van der Waals surface area contributed by atoms with Gasteiger partial charge in [-0.1, -0.05) is 18.2 Å². The van der Waals surface area contributed by atoms with Crippen LogP contribution in [0.2, 0.25) is 0 Å². The molecule has 4 heterocycles. The summed E-state index contributed by atoms with van der Waals surface area (Å²) in [5.41, 5.74) is 2.48. The number of aromatic nitrogens is 1. The van der Waals surface area contributed by atoms with Crippen molar-refractivity contribution in [3.63, 3.8) is 0 Å². The maximum absolute atomic E-state index is 13.4. The smallest absolute Gasteiger partial charge is 0.343 e. The summed E-state index contributed by atoms with van der Waals surface area (Å²) in [5.74, 6) is 0.174. The third kappa shape index (κ3) is 4.68. The molecule has 0 aliphatic carbocycles. The number of para-hydroxylation sites is 1. The zero-order valence-electron chi connectivity index (χ0n) is 19.4. The Balaban J connectivity index is 1.38. The number of hydrogen-bond acceptors (Lipinski definition) is 7. The van der Waals surface area contributed by atoms with Gasteiger partial charge in [-0.05, 0) is 40.4 Å². The summed E-state index contributed by atoms with van der Waals surface area (Å²) in [7, 11) is 1.31. The minimum Gasteiger partial charge on any atom is -0.492 e. The molecule has 9 heteroatoms. The average molecular weight is 495 g/mol. The Bertz CT molecular complexity index is 1300. The minimum absolute atomic E-state index is 0.00564. The highest BCUT2D eigenvalue weighted by Gasteiger charge is 2.32. The summed E-state index contributed by atoms with van der Waals surface area (Å²) in [6, 6.07) is 11.0. The van der Waals surface area contributed by atoms with Crippen LogP contribution in [0.3, 0.4) is 0 Å². The first-order valence-corrected chi connectivity index (χ1v) is 12.5. The number of thiophene rings is 1. The number of pyridine rings is 1. The summed E-state index contributed by atoms with van der Waals surface area (Å²) in [6.45, 7) is 1.62. The molecule has 1 aromatic carbocycles.